The number of nitrogens with zero attached hydrogens (tertiary/aromatic N) is 1. The summed E-state index contributed by atoms with van der Waals surface area (Å²) in [6, 6.07) is 4.83. The van der Waals surface area contributed by atoms with E-state index in [9.17, 15) is 19.7 Å². The number of quaternary nitrogens is 1. The molecule has 1 aliphatic rings. The van der Waals surface area contributed by atoms with Gasteiger partial charge in [0.05, 0.1) is 31.1 Å². The molecule has 1 aliphatic heterocycles. The van der Waals surface area contributed by atoms with Crippen LogP contribution in [0.5, 0.6) is 0 Å². The standard InChI is InChI=1S/C14H19N5O5/c20-13(4-5-18-6-8-24-9-7-18)16-17-14(21)15-11-2-1-3-12(10-11)19(22)23/h1-3,10H,4-9H2,(H,16,20)(H2,15,17,21)/p+1. The van der Waals surface area contributed by atoms with E-state index in [1.54, 1.807) is 0 Å². The van der Waals surface area contributed by atoms with Crippen molar-refractivity contribution in [2.45, 2.75) is 6.42 Å². The Balaban J connectivity index is 1.69. The van der Waals surface area contributed by atoms with Gasteiger partial charge in [0.2, 0.25) is 5.91 Å². The Kier molecular flexibility index (Phi) is 6.46. The van der Waals surface area contributed by atoms with Gasteiger partial charge in [-0.1, -0.05) is 6.07 Å². The summed E-state index contributed by atoms with van der Waals surface area (Å²) in [6.45, 7) is 3.80. The lowest BCUT2D eigenvalue weighted by Gasteiger charge is -2.23. The Hall–Kier alpha value is -2.72. The monoisotopic (exact) mass is 338 g/mol. The molecule has 0 atom stereocenters. The van der Waals surface area contributed by atoms with Gasteiger partial charge in [-0.25, -0.2) is 10.2 Å². The zero-order valence-electron chi connectivity index (χ0n) is 13.0. The van der Waals surface area contributed by atoms with Crippen molar-refractivity contribution in [3.8, 4) is 0 Å². The van der Waals surface area contributed by atoms with E-state index in [4.69, 9.17) is 4.74 Å². The Labute approximate surface area is 138 Å². The van der Waals surface area contributed by atoms with Gasteiger partial charge in [0, 0.05) is 17.8 Å². The highest BCUT2D eigenvalue weighted by Gasteiger charge is 2.15. The number of nitrogens with one attached hydrogen (secondary N) is 4. The summed E-state index contributed by atoms with van der Waals surface area (Å²) in [5.41, 5.74) is 4.64. The fourth-order valence-electron chi connectivity index (χ4n) is 2.25. The van der Waals surface area contributed by atoms with Crippen molar-refractivity contribution in [2.24, 2.45) is 0 Å². The first-order chi connectivity index (χ1) is 11.5. The van der Waals surface area contributed by atoms with Crippen LogP contribution in [-0.2, 0) is 9.53 Å². The number of anilines is 1. The zero-order chi connectivity index (χ0) is 17.4. The van der Waals surface area contributed by atoms with Gasteiger partial charge in [0.15, 0.2) is 0 Å². The normalized spacial score (nSPS) is 14.7. The van der Waals surface area contributed by atoms with Crippen molar-refractivity contribution in [1.29, 1.82) is 0 Å². The van der Waals surface area contributed by atoms with Gasteiger partial charge >= 0.3 is 6.03 Å². The third-order valence-corrected chi connectivity index (χ3v) is 3.54. The molecule has 1 aromatic carbocycles. The molecule has 1 saturated heterocycles. The van der Waals surface area contributed by atoms with Gasteiger partial charge in [0.25, 0.3) is 5.69 Å². The van der Waals surface area contributed by atoms with E-state index in [2.05, 4.69) is 16.2 Å². The molecule has 10 nitrogen and oxygen atoms in total. The van der Waals surface area contributed by atoms with E-state index in [0.29, 0.717) is 19.8 Å². The fraction of sp³-hybridized carbons (Fsp3) is 0.429. The molecule has 3 amide bonds. The summed E-state index contributed by atoms with van der Waals surface area (Å²) in [7, 11) is 0. The van der Waals surface area contributed by atoms with Crippen LogP contribution in [0.15, 0.2) is 24.3 Å². The fourth-order valence-corrected chi connectivity index (χ4v) is 2.25. The predicted molar refractivity (Wildman–Crippen MR) is 84.4 cm³/mol. The first-order valence-electron chi connectivity index (χ1n) is 7.56. The van der Waals surface area contributed by atoms with Gasteiger partial charge in [-0.2, -0.15) is 0 Å². The molecule has 0 unspecified atom stereocenters. The number of non-ortho nitro benzene ring substituents is 1. The Morgan fingerprint density at radius 1 is 1.25 bits per heavy atom. The molecule has 0 aliphatic carbocycles. The zero-order valence-corrected chi connectivity index (χ0v) is 13.0. The number of hydrazine groups is 1. The predicted octanol–water partition coefficient (Wildman–Crippen LogP) is -0.947. The number of rotatable bonds is 5. The maximum Gasteiger partial charge on any atom is 0.337 e. The molecule has 1 heterocycles. The van der Waals surface area contributed by atoms with Crippen LogP contribution in [0.4, 0.5) is 16.2 Å². The van der Waals surface area contributed by atoms with E-state index in [0.717, 1.165) is 13.1 Å². The minimum absolute atomic E-state index is 0.134. The van der Waals surface area contributed by atoms with E-state index in [1.165, 1.54) is 29.2 Å². The summed E-state index contributed by atoms with van der Waals surface area (Å²) >= 11 is 0. The lowest BCUT2D eigenvalue weighted by molar-refractivity contribution is -0.907. The van der Waals surface area contributed by atoms with Crippen LogP contribution in [0.2, 0.25) is 0 Å². The van der Waals surface area contributed by atoms with E-state index < -0.39 is 11.0 Å². The second-order valence-corrected chi connectivity index (χ2v) is 5.30. The highest BCUT2D eigenvalue weighted by molar-refractivity contribution is 5.91. The highest BCUT2D eigenvalue weighted by atomic mass is 16.6. The van der Waals surface area contributed by atoms with E-state index in [1.807, 2.05) is 0 Å². The number of urea groups is 1. The van der Waals surface area contributed by atoms with Crippen LogP contribution in [0.25, 0.3) is 0 Å². The molecule has 1 aromatic rings. The maximum atomic E-state index is 11.7. The molecule has 1 fully saturated rings. The maximum absolute atomic E-state index is 11.7. The summed E-state index contributed by atoms with van der Waals surface area (Å²) in [5.74, 6) is -0.303. The van der Waals surface area contributed by atoms with Crippen LogP contribution in [0, 0.1) is 10.1 Å². The molecule has 0 radical (unpaired) electrons. The molecule has 0 saturated carbocycles. The second kappa shape index (κ2) is 8.79. The quantitative estimate of drug-likeness (QED) is 0.407. The first-order valence-corrected chi connectivity index (χ1v) is 7.56. The lowest BCUT2D eigenvalue weighted by Crippen LogP contribution is -3.14. The number of ether oxygens (including phenoxy) is 1. The van der Waals surface area contributed by atoms with Crippen molar-refractivity contribution in [3.63, 3.8) is 0 Å². The number of hydrogen-bond acceptors (Lipinski definition) is 5. The molecule has 130 valence electrons. The SMILES string of the molecule is O=C(CC[NH+]1CCOCC1)NNC(=O)Nc1cccc([N+](=O)[O-])c1. The van der Waals surface area contributed by atoms with Gasteiger partial charge in [-0.05, 0) is 6.07 Å². The number of benzene rings is 1. The largest absolute Gasteiger partial charge is 0.370 e. The third kappa shape index (κ3) is 5.82. The molecule has 24 heavy (non-hydrogen) atoms. The van der Waals surface area contributed by atoms with Crippen molar-refractivity contribution in [3.05, 3.63) is 34.4 Å². The first kappa shape index (κ1) is 17.6. The number of nitro benzene ring substituents is 1. The van der Waals surface area contributed by atoms with Crippen LogP contribution < -0.4 is 21.1 Å². The average molecular weight is 338 g/mol. The molecule has 10 heteroatoms. The molecule has 4 N–H and O–H groups in total. The van der Waals surface area contributed by atoms with Crippen LogP contribution >= 0.6 is 0 Å². The second-order valence-electron chi connectivity index (χ2n) is 5.30. The summed E-state index contributed by atoms with van der Waals surface area (Å²) in [4.78, 5) is 34.8. The van der Waals surface area contributed by atoms with Crippen LogP contribution in [-0.4, -0.2) is 49.7 Å². The smallest absolute Gasteiger partial charge is 0.337 e. The lowest BCUT2D eigenvalue weighted by atomic mass is 10.3. The molecule has 0 aromatic heterocycles. The molecule has 0 bridgehead atoms. The van der Waals surface area contributed by atoms with Gasteiger partial charge in [-0.15, -0.1) is 0 Å². The molecular weight excluding hydrogens is 318 g/mol. The van der Waals surface area contributed by atoms with E-state index >= 15 is 0 Å². The van der Waals surface area contributed by atoms with Crippen molar-refractivity contribution < 1.29 is 24.1 Å². The Morgan fingerprint density at radius 3 is 2.71 bits per heavy atom. The topological polar surface area (TPSA) is 127 Å². The number of hydrogen-bond donors (Lipinski definition) is 4. The number of amides is 3. The molecule has 2 rings (SSSR count). The molecular formula is C14H20N5O5+. The minimum atomic E-state index is -0.678. The number of morpholine rings is 1. The number of nitro groups is 1. The Morgan fingerprint density at radius 2 is 2.00 bits per heavy atom. The third-order valence-electron chi connectivity index (χ3n) is 3.54. The van der Waals surface area contributed by atoms with Gasteiger partial charge < -0.3 is 15.0 Å². The van der Waals surface area contributed by atoms with E-state index in [-0.39, 0.29) is 23.7 Å². The number of carbonyl (C=O) groups excluding carboxylic acids is 2. The van der Waals surface area contributed by atoms with Crippen molar-refractivity contribution in [1.82, 2.24) is 10.9 Å². The Bertz CT molecular complexity index is 603. The number of carbonyl (C=O) groups is 2. The van der Waals surface area contributed by atoms with Gasteiger partial charge in [-0.3, -0.25) is 20.3 Å². The van der Waals surface area contributed by atoms with Crippen LogP contribution in [0.3, 0.4) is 0 Å². The summed E-state index contributed by atoms with van der Waals surface area (Å²) in [6.07, 6.45) is 0.284. The highest BCUT2D eigenvalue weighted by Crippen LogP contribution is 2.16. The van der Waals surface area contributed by atoms with Gasteiger partial charge in [0.1, 0.15) is 13.1 Å². The summed E-state index contributed by atoms with van der Waals surface area (Å²) in [5, 5.41) is 13.1. The van der Waals surface area contributed by atoms with Crippen LogP contribution in [0.1, 0.15) is 6.42 Å². The summed E-state index contributed by atoms with van der Waals surface area (Å²) < 4.78 is 5.24. The molecule has 0 spiro atoms. The minimum Gasteiger partial charge on any atom is -0.370 e. The average Bonchev–Trinajstić information content (AvgIpc) is 2.59. The van der Waals surface area contributed by atoms with Crippen molar-refractivity contribution >= 4 is 23.3 Å². The van der Waals surface area contributed by atoms with Crippen molar-refractivity contribution in [2.75, 3.05) is 38.2 Å².